The van der Waals surface area contributed by atoms with Crippen LogP contribution in [0, 0.1) is 22.7 Å². The summed E-state index contributed by atoms with van der Waals surface area (Å²) in [4.78, 5) is 12.8. The maximum atomic E-state index is 12.8. The average molecular weight is 375 g/mol. The number of nitriles is 1. The van der Waals surface area contributed by atoms with E-state index in [4.69, 9.17) is 9.84 Å². The molecule has 0 aliphatic heterocycles. The van der Waals surface area contributed by atoms with Crippen LogP contribution in [0.25, 0.3) is 11.3 Å². The molecule has 2 atom stereocenters. The number of carbonyl (C=O) groups excluding carboxylic acids is 1. The molecule has 144 valence electrons. The Balaban J connectivity index is 1.94. The van der Waals surface area contributed by atoms with Crippen molar-refractivity contribution in [1.29, 1.82) is 5.26 Å². The Morgan fingerprint density at radius 1 is 1.32 bits per heavy atom. The first-order chi connectivity index (χ1) is 13.2. The summed E-state index contributed by atoms with van der Waals surface area (Å²) in [5.41, 5.74) is 3.56. The zero-order valence-electron chi connectivity index (χ0n) is 17.0. The van der Waals surface area contributed by atoms with Crippen molar-refractivity contribution in [3.63, 3.8) is 0 Å². The lowest BCUT2D eigenvalue weighted by Crippen LogP contribution is -2.51. The van der Waals surface area contributed by atoms with Crippen molar-refractivity contribution in [3.8, 4) is 23.1 Å². The minimum absolute atomic E-state index is 0.0510. The Kier molecular flexibility index (Phi) is 4.01. The minimum Gasteiger partial charge on any atom is -0.497 e. The summed E-state index contributed by atoms with van der Waals surface area (Å²) in [6.07, 6.45) is 3.62. The van der Waals surface area contributed by atoms with Crippen molar-refractivity contribution >= 4 is 5.78 Å². The second-order valence-electron chi connectivity index (χ2n) is 8.63. The summed E-state index contributed by atoms with van der Waals surface area (Å²) in [5, 5.41) is 14.5. The molecular formula is C23H25N3O2. The molecule has 0 bridgehead atoms. The van der Waals surface area contributed by atoms with Gasteiger partial charge in [0.25, 0.3) is 0 Å². The number of allylic oxidation sites excluding steroid dienone is 2. The summed E-state index contributed by atoms with van der Waals surface area (Å²) in [5.74, 6) is 0.874. The van der Waals surface area contributed by atoms with E-state index in [2.05, 4.69) is 19.1 Å². The van der Waals surface area contributed by atoms with Crippen molar-refractivity contribution in [3.05, 3.63) is 47.2 Å². The van der Waals surface area contributed by atoms with E-state index in [0.29, 0.717) is 0 Å². The number of ether oxygens (including phenoxy) is 1. The summed E-state index contributed by atoms with van der Waals surface area (Å²) < 4.78 is 7.32. The molecule has 1 heterocycles. The monoisotopic (exact) mass is 375 g/mol. The number of rotatable bonds is 2. The van der Waals surface area contributed by atoms with Crippen LogP contribution in [0.4, 0.5) is 0 Å². The van der Waals surface area contributed by atoms with E-state index in [1.54, 1.807) is 7.11 Å². The van der Waals surface area contributed by atoms with E-state index < -0.39 is 10.8 Å². The number of nitrogens with zero attached hydrogens (tertiary/aromatic N) is 3. The number of ketones is 1. The summed E-state index contributed by atoms with van der Waals surface area (Å²) in [7, 11) is 3.62. The number of hydrogen-bond acceptors (Lipinski definition) is 4. The third-order valence-electron chi connectivity index (χ3n) is 6.67. The fourth-order valence-electron chi connectivity index (χ4n) is 5.36. The molecule has 0 spiro atoms. The maximum Gasteiger partial charge on any atom is 0.178 e. The van der Waals surface area contributed by atoms with Gasteiger partial charge in [-0.05, 0) is 30.9 Å². The molecule has 0 saturated heterocycles. The number of aryl methyl sites for hydroxylation is 1. The number of fused-ring (bicyclic) bond motifs is 3. The molecule has 4 rings (SSSR count). The van der Waals surface area contributed by atoms with Crippen molar-refractivity contribution in [2.24, 2.45) is 18.4 Å². The van der Waals surface area contributed by atoms with Gasteiger partial charge in [-0.25, -0.2) is 0 Å². The van der Waals surface area contributed by atoms with Gasteiger partial charge in [-0.2, -0.15) is 10.4 Å². The van der Waals surface area contributed by atoms with Gasteiger partial charge in [0.15, 0.2) is 5.78 Å². The topological polar surface area (TPSA) is 67.9 Å². The van der Waals surface area contributed by atoms with Crippen LogP contribution in [-0.4, -0.2) is 22.7 Å². The maximum absolute atomic E-state index is 12.8. The lowest BCUT2D eigenvalue weighted by atomic mass is 9.52. The van der Waals surface area contributed by atoms with Gasteiger partial charge in [0.2, 0.25) is 0 Å². The number of benzene rings is 1. The van der Waals surface area contributed by atoms with Gasteiger partial charge in [0.1, 0.15) is 11.8 Å². The smallest absolute Gasteiger partial charge is 0.178 e. The first-order valence-electron chi connectivity index (χ1n) is 9.62. The number of Topliss-reactive ketones (excluding diaryl/α,β-unsaturated/α-hetero) is 1. The first kappa shape index (κ1) is 18.5. The van der Waals surface area contributed by atoms with Crippen LogP contribution < -0.4 is 4.74 Å². The van der Waals surface area contributed by atoms with Crippen LogP contribution in [0.2, 0.25) is 0 Å². The summed E-state index contributed by atoms with van der Waals surface area (Å²) >= 11 is 0. The van der Waals surface area contributed by atoms with Gasteiger partial charge in [-0.15, -0.1) is 0 Å². The van der Waals surface area contributed by atoms with E-state index in [1.807, 2.05) is 49.9 Å². The molecule has 0 amide bonds. The fraction of sp³-hybridized carbons (Fsp3) is 0.435. The molecule has 2 aromatic rings. The number of methoxy groups -OCH3 is 1. The molecule has 5 nitrogen and oxygen atoms in total. The van der Waals surface area contributed by atoms with Gasteiger partial charge in [0.05, 0.1) is 24.1 Å². The zero-order chi connectivity index (χ0) is 20.3. The van der Waals surface area contributed by atoms with Crippen molar-refractivity contribution in [2.75, 3.05) is 7.11 Å². The molecule has 0 N–H and O–H groups in total. The highest BCUT2D eigenvalue weighted by atomic mass is 16.5. The van der Waals surface area contributed by atoms with E-state index in [1.165, 1.54) is 5.56 Å². The Hall–Kier alpha value is -2.87. The van der Waals surface area contributed by atoms with Gasteiger partial charge >= 0.3 is 0 Å². The van der Waals surface area contributed by atoms with E-state index in [0.717, 1.165) is 35.5 Å². The molecular weight excluding hydrogens is 350 g/mol. The average Bonchev–Trinajstić information content (AvgIpc) is 3.02. The van der Waals surface area contributed by atoms with Crippen molar-refractivity contribution in [1.82, 2.24) is 9.78 Å². The van der Waals surface area contributed by atoms with E-state index in [-0.39, 0.29) is 17.3 Å². The Morgan fingerprint density at radius 2 is 2.07 bits per heavy atom. The minimum atomic E-state index is -0.583. The van der Waals surface area contributed by atoms with Gasteiger partial charge < -0.3 is 4.74 Å². The number of aromatic nitrogens is 2. The molecule has 0 radical (unpaired) electrons. The molecule has 1 aromatic heterocycles. The Bertz CT molecular complexity index is 1050. The largest absolute Gasteiger partial charge is 0.497 e. The van der Waals surface area contributed by atoms with Crippen molar-refractivity contribution in [2.45, 2.75) is 39.0 Å². The highest BCUT2D eigenvalue weighted by Crippen LogP contribution is 2.55. The molecule has 28 heavy (non-hydrogen) atoms. The standard InChI is InChI=1S/C23H25N3O2/c1-22(2)18-10-9-17-19(14-7-6-8-16(11-14)28-5)26(4)25-20(17)23(18,3)12-15(13-24)21(22)27/h6-8,11-12,18H,9-10H2,1-5H3. The lowest BCUT2D eigenvalue weighted by Gasteiger charge is -2.49. The SMILES string of the molecule is COc1cccc(-c2c3c(nn2C)C2(C)C=C(C#N)C(=O)C(C)(C)C2CC3)c1. The van der Waals surface area contributed by atoms with Crippen LogP contribution in [0.5, 0.6) is 5.75 Å². The third kappa shape index (κ3) is 2.37. The molecule has 0 fully saturated rings. The Morgan fingerprint density at radius 3 is 2.75 bits per heavy atom. The second-order valence-corrected chi connectivity index (χ2v) is 8.63. The van der Waals surface area contributed by atoms with Gasteiger partial charge in [0, 0.05) is 29.0 Å². The fourth-order valence-corrected chi connectivity index (χ4v) is 5.36. The van der Waals surface area contributed by atoms with Crippen LogP contribution in [-0.2, 0) is 23.7 Å². The van der Waals surface area contributed by atoms with Crippen LogP contribution in [0.15, 0.2) is 35.9 Å². The lowest BCUT2D eigenvalue weighted by molar-refractivity contribution is -0.128. The van der Waals surface area contributed by atoms with Crippen molar-refractivity contribution < 1.29 is 9.53 Å². The first-order valence-corrected chi connectivity index (χ1v) is 9.62. The van der Waals surface area contributed by atoms with Gasteiger partial charge in [-0.3, -0.25) is 9.48 Å². The highest BCUT2D eigenvalue weighted by Gasteiger charge is 2.55. The normalized spacial score (nSPS) is 25.4. The Labute approximate surface area is 165 Å². The van der Waals surface area contributed by atoms with Crippen LogP contribution in [0.1, 0.15) is 38.4 Å². The molecule has 0 saturated carbocycles. The van der Waals surface area contributed by atoms with Gasteiger partial charge in [-0.1, -0.05) is 39.0 Å². The summed E-state index contributed by atoms with van der Waals surface area (Å²) in [6.45, 7) is 6.07. The number of hydrogen-bond donors (Lipinski definition) is 0. The number of carbonyl (C=O) groups is 1. The van der Waals surface area contributed by atoms with Crippen LogP contribution in [0.3, 0.4) is 0 Å². The molecule has 2 aliphatic rings. The summed E-state index contributed by atoms with van der Waals surface area (Å²) in [6, 6.07) is 10.1. The third-order valence-corrected chi connectivity index (χ3v) is 6.67. The molecule has 2 unspecified atom stereocenters. The predicted molar refractivity (Wildman–Crippen MR) is 107 cm³/mol. The zero-order valence-corrected chi connectivity index (χ0v) is 17.0. The second kappa shape index (κ2) is 6.07. The van der Waals surface area contributed by atoms with Crippen LogP contribution >= 0.6 is 0 Å². The van der Waals surface area contributed by atoms with E-state index >= 15 is 0 Å². The highest BCUT2D eigenvalue weighted by molar-refractivity contribution is 6.04. The van der Waals surface area contributed by atoms with E-state index in [9.17, 15) is 10.1 Å². The molecule has 1 aromatic carbocycles. The molecule has 5 heteroatoms. The molecule has 2 aliphatic carbocycles. The quantitative estimate of drug-likeness (QED) is 0.796. The predicted octanol–water partition coefficient (Wildman–Crippen LogP) is 3.97.